The molecule has 0 amide bonds. The Labute approximate surface area is 145 Å². The first kappa shape index (κ1) is 15.9. The van der Waals surface area contributed by atoms with Crippen molar-refractivity contribution in [2.45, 2.75) is 12.7 Å². The topological polar surface area (TPSA) is 24.9 Å². The normalized spacial score (nSPS) is 12.0. The first-order chi connectivity index (χ1) is 12.0. The Balaban J connectivity index is 1.60. The molecule has 0 spiro atoms. The molecule has 0 saturated carbocycles. The maximum absolute atomic E-state index is 12.8. The minimum absolute atomic E-state index is 0.361. The van der Waals surface area contributed by atoms with Crippen LogP contribution in [-0.2, 0) is 12.7 Å². The van der Waals surface area contributed by atoms with Crippen LogP contribution in [0.5, 0.6) is 0 Å². The van der Waals surface area contributed by atoms with E-state index in [0.717, 1.165) is 33.2 Å². The van der Waals surface area contributed by atoms with E-state index in [4.69, 9.17) is 0 Å². The number of nitrogens with one attached hydrogen (secondary N) is 1. The van der Waals surface area contributed by atoms with Gasteiger partial charge < -0.3 is 5.32 Å². The minimum Gasteiger partial charge on any atom is -0.357 e. The Hall–Kier alpha value is -2.60. The van der Waals surface area contributed by atoms with Crippen LogP contribution in [0.15, 0.2) is 60.7 Å². The Morgan fingerprint density at radius 1 is 0.960 bits per heavy atom. The van der Waals surface area contributed by atoms with E-state index in [1.165, 1.54) is 17.4 Å². The van der Waals surface area contributed by atoms with E-state index >= 15 is 0 Å². The third kappa shape index (κ3) is 3.17. The average molecular weight is 358 g/mol. The van der Waals surface area contributed by atoms with Crippen LogP contribution >= 0.6 is 11.3 Å². The van der Waals surface area contributed by atoms with E-state index in [-0.39, 0.29) is 0 Å². The second kappa shape index (κ2) is 6.04. The largest absolute Gasteiger partial charge is 0.416 e. The molecule has 126 valence electrons. The summed E-state index contributed by atoms with van der Waals surface area (Å²) in [6.45, 7) is 0.563. The van der Waals surface area contributed by atoms with Crippen molar-refractivity contribution in [1.29, 1.82) is 0 Å². The number of anilines is 1. The Morgan fingerprint density at radius 2 is 1.76 bits per heavy atom. The van der Waals surface area contributed by atoms with Crippen LogP contribution in [0.3, 0.4) is 0 Å². The standard InChI is InChI=1S/C19H13F3N2S/c20-19(21,22)14-8-9-17-16(10-14)24-18(25-17)23-11-13-6-3-5-12-4-1-2-7-15(12)13/h1-10H,11H2,(H,23,24). The maximum atomic E-state index is 12.8. The fraction of sp³-hybridized carbons (Fsp3) is 0.105. The van der Waals surface area contributed by atoms with Crippen LogP contribution in [0.2, 0.25) is 0 Å². The Kier molecular flexibility index (Phi) is 3.84. The highest BCUT2D eigenvalue weighted by Crippen LogP contribution is 2.34. The molecule has 0 bridgehead atoms. The molecular weight excluding hydrogens is 345 g/mol. The molecule has 3 aromatic carbocycles. The van der Waals surface area contributed by atoms with Crippen LogP contribution in [0.25, 0.3) is 21.0 Å². The fourth-order valence-corrected chi connectivity index (χ4v) is 3.64. The van der Waals surface area contributed by atoms with Crippen molar-refractivity contribution in [2.24, 2.45) is 0 Å². The number of thiazole rings is 1. The molecule has 0 radical (unpaired) electrons. The smallest absolute Gasteiger partial charge is 0.357 e. The Morgan fingerprint density at radius 3 is 2.60 bits per heavy atom. The number of hydrogen-bond donors (Lipinski definition) is 1. The molecule has 0 aliphatic carbocycles. The molecule has 1 N–H and O–H groups in total. The van der Waals surface area contributed by atoms with Crippen LogP contribution in [0.1, 0.15) is 11.1 Å². The summed E-state index contributed by atoms with van der Waals surface area (Å²) in [4.78, 5) is 4.29. The lowest BCUT2D eigenvalue weighted by atomic mass is 10.0. The van der Waals surface area contributed by atoms with E-state index in [1.54, 1.807) is 0 Å². The second-order valence-corrected chi connectivity index (χ2v) is 6.72. The van der Waals surface area contributed by atoms with E-state index in [9.17, 15) is 13.2 Å². The van der Waals surface area contributed by atoms with Crippen LogP contribution < -0.4 is 5.32 Å². The van der Waals surface area contributed by atoms with Gasteiger partial charge in [-0.15, -0.1) is 0 Å². The van der Waals surface area contributed by atoms with Crippen molar-refractivity contribution in [3.8, 4) is 0 Å². The molecular formula is C19H13F3N2S. The van der Waals surface area contributed by atoms with Gasteiger partial charge >= 0.3 is 6.18 Å². The summed E-state index contributed by atoms with van der Waals surface area (Å²) in [5.74, 6) is 0. The zero-order chi connectivity index (χ0) is 17.4. The monoisotopic (exact) mass is 358 g/mol. The van der Waals surface area contributed by atoms with Gasteiger partial charge in [-0.25, -0.2) is 4.98 Å². The molecule has 25 heavy (non-hydrogen) atoms. The number of nitrogens with zero attached hydrogens (tertiary/aromatic N) is 1. The zero-order valence-electron chi connectivity index (χ0n) is 13.0. The summed E-state index contributed by atoms with van der Waals surface area (Å²) in [5.41, 5.74) is 0.805. The highest BCUT2D eigenvalue weighted by atomic mass is 32.1. The molecule has 4 aromatic rings. The third-order valence-electron chi connectivity index (χ3n) is 4.02. The zero-order valence-corrected chi connectivity index (χ0v) is 13.8. The van der Waals surface area contributed by atoms with Gasteiger partial charge in [-0.3, -0.25) is 0 Å². The predicted molar refractivity (Wildman–Crippen MR) is 95.9 cm³/mol. The van der Waals surface area contributed by atoms with Gasteiger partial charge in [0.1, 0.15) is 0 Å². The van der Waals surface area contributed by atoms with Gasteiger partial charge in [0.25, 0.3) is 0 Å². The molecule has 1 aromatic heterocycles. The lowest BCUT2D eigenvalue weighted by molar-refractivity contribution is -0.137. The summed E-state index contributed by atoms with van der Waals surface area (Å²) in [7, 11) is 0. The Bertz CT molecular complexity index is 1050. The molecule has 2 nitrogen and oxygen atoms in total. The molecule has 4 rings (SSSR count). The molecule has 6 heteroatoms. The van der Waals surface area contributed by atoms with Gasteiger partial charge in [0.05, 0.1) is 15.8 Å². The van der Waals surface area contributed by atoms with E-state index in [1.807, 2.05) is 24.3 Å². The van der Waals surface area contributed by atoms with Crippen molar-refractivity contribution in [2.75, 3.05) is 5.32 Å². The molecule has 0 fully saturated rings. The first-order valence-corrected chi connectivity index (χ1v) is 8.51. The van der Waals surface area contributed by atoms with E-state index < -0.39 is 11.7 Å². The van der Waals surface area contributed by atoms with Crippen LogP contribution in [0.4, 0.5) is 18.3 Å². The van der Waals surface area contributed by atoms with Crippen molar-refractivity contribution in [1.82, 2.24) is 4.98 Å². The lowest BCUT2D eigenvalue weighted by Crippen LogP contribution is -2.04. The molecule has 0 aliphatic rings. The summed E-state index contributed by atoms with van der Waals surface area (Å²) in [6.07, 6.45) is -4.35. The van der Waals surface area contributed by atoms with Gasteiger partial charge in [0.2, 0.25) is 0 Å². The molecule has 0 saturated heterocycles. The number of benzene rings is 3. The number of alkyl halides is 3. The van der Waals surface area contributed by atoms with Gasteiger partial charge in [0.15, 0.2) is 5.13 Å². The molecule has 0 aliphatic heterocycles. The first-order valence-electron chi connectivity index (χ1n) is 7.69. The highest BCUT2D eigenvalue weighted by molar-refractivity contribution is 7.22. The van der Waals surface area contributed by atoms with Crippen molar-refractivity contribution in [3.63, 3.8) is 0 Å². The molecule has 0 atom stereocenters. The van der Waals surface area contributed by atoms with Gasteiger partial charge in [0, 0.05) is 6.54 Å². The van der Waals surface area contributed by atoms with Crippen molar-refractivity contribution < 1.29 is 13.2 Å². The van der Waals surface area contributed by atoms with Gasteiger partial charge in [-0.1, -0.05) is 53.8 Å². The second-order valence-electron chi connectivity index (χ2n) is 5.69. The number of rotatable bonds is 3. The number of aromatic nitrogens is 1. The summed E-state index contributed by atoms with van der Waals surface area (Å²) < 4.78 is 39.1. The van der Waals surface area contributed by atoms with Crippen molar-refractivity contribution in [3.05, 3.63) is 71.8 Å². The van der Waals surface area contributed by atoms with Crippen LogP contribution in [0, 0.1) is 0 Å². The third-order valence-corrected chi connectivity index (χ3v) is 5.02. The number of fused-ring (bicyclic) bond motifs is 2. The van der Waals surface area contributed by atoms with E-state index in [0.29, 0.717) is 17.2 Å². The summed E-state index contributed by atoms with van der Waals surface area (Å²) >= 11 is 1.35. The van der Waals surface area contributed by atoms with E-state index in [2.05, 4.69) is 28.5 Å². The number of hydrogen-bond acceptors (Lipinski definition) is 3. The molecule has 1 heterocycles. The predicted octanol–water partition coefficient (Wildman–Crippen LogP) is 6.08. The van der Waals surface area contributed by atoms with Crippen LogP contribution in [-0.4, -0.2) is 4.98 Å². The lowest BCUT2D eigenvalue weighted by Gasteiger charge is -2.07. The fourth-order valence-electron chi connectivity index (χ4n) is 2.80. The SMILES string of the molecule is FC(F)(F)c1ccc2sc(NCc3cccc4ccccc34)nc2c1. The maximum Gasteiger partial charge on any atom is 0.416 e. The average Bonchev–Trinajstić information content (AvgIpc) is 3.01. The quantitative estimate of drug-likeness (QED) is 0.480. The molecule has 0 unspecified atom stereocenters. The number of halogens is 3. The minimum atomic E-state index is -4.35. The van der Waals surface area contributed by atoms with Gasteiger partial charge in [-0.2, -0.15) is 13.2 Å². The summed E-state index contributed by atoms with van der Waals surface area (Å²) in [5, 5.41) is 6.14. The summed E-state index contributed by atoms with van der Waals surface area (Å²) in [6, 6.07) is 17.8. The van der Waals surface area contributed by atoms with Gasteiger partial charge in [-0.05, 0) is 34.5 Å². The highest BCUT2D eigenvalue weighted by Gasteiger charge is 2.30. The van der Waals surface area contributed by atoms with Crippen molar-refractivity contribution >= 4 is 37.5 Å².